The molecule has 0 aliphatic rings. The van der Waals surface area contributed by atoms with Crippen LogP contribution in [0.5, 0.6) is 0 Å². The Hall–Kier alpha value is -2.46. The highest BCUT2D eigenvalue weighted by atomic mass is 35.5. The molecule has 0 bridgehead atoms. The molecule has 110 valence electrons. The zero-order valence-corrected chi connectivity index (χ0v) is 13.1. The van der Waals surface area contributed by atoms with E-state index in [0.29, 0.717) is 11.0 Å². The largest absolute Gasteiger partial charge is 0.324 e. The number of anilines is 2. The van der Waals surface area contributed by atoms with Crippen LogP contribution in [0.15, 0.2) is 48.8 Å². The number of halogens is 1. The lowest BCUT2D eigenvalue weighted by molar-refractivity contribution is 1.13. The monoisotopic (exact) mass is 310 g/mol. The van der Waals surface area contributed by atoms with E-state index < -0.39 is 0 Å². The van der Waals surface area contributed by atoms with E-state index >= 15 is 0 Å². The van der Waals surface area contributed by atoms with E-state index in [2.05, 4.69) is 20.3 Å². The van der Waals surface area contributed by atoms with E-state index in [-0.39, 0.29) is 0 Å². The average Bonchev–Trinajstić information content (AvgIpc) is 2.50. The summed E-state index contributed by atoms with van der Waals surface area (Å²) in [6.45, 7) is 4.04. The molecule has 0 aliphatic carbocycles. The molecule has 5 heteroatoms. The number of rotatable bonds is 3. The molecule has 0 amide bonds. The van der Waals surface area contributed by atoms with Gasteiger partial charge in [-0.1, -0.05) is 17.7 Å². The highest BCUT2D eigenvalue weighted by molar-refractivity contribution is 6.30. The van der Waals surface area contributed by atoms with Crippen LogP contribution in [0.1, 0.15) is 11.3 Å². The smallest absolute Gasteiger partial charge is 0.227 e. The molecule has 0 saturated heterocycles. The Morgan fingerprint density at radius 3 is 2.64 bits per heavy atom. The fraction of sp³-hybridized carbons (Fsp3) is 0.118. The molecule has 0 fully saturated rings. The van der Waals surface area contributed by atoms with E-state index in [0.717, 1.165) is 28.2 Å². The van der Waals surface area contributed by atoms with Crippen molar-refractivity contribution in [3.63, 3.8) is 0 Å². The van der Waals surface area contributed by atoms with E-state index in [1.54, 1.807) is 12.4 Å². The maximum Gasteiger partial charge on any atom is 0.227 e. The number of benzene rings is 1. The lowest BCUT2D eigenvalue weighted by Gasteiger charge is -2.09. The number of hydrogen-bond donors (Lipinski definition) is 1. The van der Waals surface area contributed by atoms with Crippen molar-refractivity contribution >= 4 is 23.2 Å². The van der Waals surface area contributed by atoms with Crippen molar-refractivity contribution in [1.29, 1.82) is 0 Å². The Morgan fingerprint density at radius 1 is 1.00 bits per heavy atom. The number of nitrogens with one attached hydrogen (secondary N) is 1. The molecule has 3 rings (SSSR count). The zero-order valence-electron chi connectivity index (χ0n) is 12.3. The van der Waals surface area contributed by atoms with Gasteiger partial charge in [0.2, 0.25) is 5.95 Å². The quantitative estimate of drug-likeness (QED) is 0.771. The molecule has 0 radical (unpaired) electrons. The van der Waals surface area contributed by atoms with Gasteiger partial charge in [0.05, 0.1) is 5.69 Å². The summed E-state index contributed by atoms with van der Waals surface area (Å²) in [6.07, 6.45) is 3.54. The van der Waals surface area contributed by atoms with Crippen molar-refractivity contribution in [3.05, 3.63) is 65.1 Å². The predicted octanol–water partition coefficient (Wildman–Crippen LogP) is 4.55. The fourth-order valence-electron chi connectivity index (χ4n) is 2.18. The topological polar surface area (TPSA) is 50.7 Å². The molecule has 1 aromatic carbocycles. The van der Waals surface area contributed by atoms with Gasteiger partial charge >= 0.3 is 0 Å². The third kappa shape index (κ3) is 3.07. The van der Waals surface area contributed by atoms with Crippen LogP contribution in [-0.4, -0.2) is 15.0 Å². The zero-order chi connectivity index (χ0) is 15.5. The number of hydrogen-bond acceptors (Lipinski definition) is 4. The third-order valence-electron chi connectivity index (χ3n) is 3.47. The first-order valence-electron chi connectivity index (χ1n) is 6.92. The Bertz CT molecular complexity index is 817. The van der Waals surface area contributed by atoms with E-state index in [9.17, 15) is 0 Å². The van der Waals surface area contributed by atoms with Gasteiger partial charge in [-0.25, -0.2) is 9.97 Å². The van der Waals surface area contributed by atoms with Crippen molar-refractivity contribution < 1.29 is 0 Å². The molecule has 0 unspecified atom stereocenters. The Morgan fingerprint density at radius 2 is 1.82 bits per heavy atom. The minimum Gasteiger partial charge on any atom is -0.324 e. The minimum absolute atomic E-state index is 0.536. The van der Waals surface area contributed by atoms with Gasteiger partial charge < -0.3 is 5.32 Å². The standard InChI is InChI=1S/C17H15ClN4/c1-11-12(2)19-8-6-15(11)16-7-9-20-17(22-16)21-14-5-3-4-13(18)10-14/h3-10H,1-2H3,(H,20,21,22). The molecule has 2 heterocycles. The van der Waals surface area contributed by atoms with Crippen molar-refractivity contribution in [2.45, 2.75) is 13.8 Å². The number of pyridine rings is 1. The molecule has 22 heavy (non-hydrogen) atoms. The van der Waals surface area contributed by atoms with Gasteiger partial charge in [0.25, 0.3) is 0 Å². The molecule has 0 saturated carbocycles. The first-order valence-corrected chi connectivity index (χ1v) is 7.29. The Kier molecular flexibility index (Phi) is 4.02. The number of aromatic nitrogens is 3. The molecule has 0 spiro atoms. The summed E-state index contributed by atoms with van der Waals surface area (Å²) in [4.78, 5) is 13.1. The normalized spacial score (nSPS) is 10.5. The van der Waals surface area contributed by atoms with Crippen LogP contribution in [0.4, 0.5) is 11.6 Å². The van der Waals surface area contributed by atoms with Crippen LogP contribution in [0, 0.1) is 13.8 Å². The Balaban J connectivity index is 1.94. The van der Waals surface area contributed by atoms with Crippen LogP contribution < -0.4 is 5.32 Å². The summed E-state index contributed by atoms with van der Waals surface area (Å²) in [6, 6.07) is 11.3. The van der Waals surface area contributed by atoms with Crippen LogP contribution in [0.3, 0.4) is 0 Å². The molecular weight excluding hydrogens is 296 g/mol. The van der Waals surface area contributed by atoms with Crippen LogP contribution in [-0.2, 0) is 0 Å². The van der Waals surface area contributed by atoms with Crippen molar-refractivity contribution in [2.75, 3.05) is 5.32 Å². The number of aryl methyl sites for hydroxylation is 1. The lowest BCUT2D eigenvalue weighted by Crippen LogP contribution is -1.99. The predicted molar refractivity (Wildman–Crippen MR) is 89.5 cm³/mol. The summed E-state index contributed by atoms with van der Waals surface area (Å²) in [7, 11) is 0. The fourth-order valence-corrected chi connectivity index (χ4v) is 2.37. The van der Waals surface area contributed by atoms with Gasteiger partial charge in [-0.2, -0.15) is 0 Å². The van der Waals surface area contributed by atoms with Crippen molar-refractivity contribution in [3.8, 4) is 11.3 Å². The second kappa shape index (κ2) is 6.12. The summed E-state index contributed by atoms with van der Waals surface area (Å²) in [5, 5.41) is 3.83. The second-order valence-electron chi connectivity index (χ2n) is 4.97. The molecule has 4 nitrogen and oxygen atoms in total. The average molecular weight is 311 g/mol. The minimum atomic E-state index is 0.536. The summed E-state index contributed by atoms with van der Waals surface area (Å²) in [5.41, 5.74) is 4.90. The lowest BCUT2D eigenvalue weighted by atomic mass is 10.1. The maximum atomic E-state index is 5.99. The SMILES string of the molecule is Cc1nccc(-c2ccnc(Nc3cccc(Cl)c3)n2)c1C. The number of nitrogens with zero attached hydrogens (tertiary/aromatic N) is 3. The highest BCUT2D eigenvalue weighted by Crippen LogP contribution is 2.24. The van der Waals surface area contributed by atoms with Gasteiger partial charge in [0.15, 0.2) is 0 Å². The first kappa shape index (κ1) is 14.5. The maximum absolute atomic E-state index is 5.99. The molecule has 0 atom stereocenters. The van der Waals surface area contributed by atoms with Crippen molar-refractivity contribution in [1.82, 2.24) is 15.0 Å². The molecular formula is C17H15ClN4. The summed E-state index contributed by atoms with van der Waals surface area (Å²) >= 11 is 5.99. The molecule has 2 aromatic heterocycles. The van der Waals surface area contributed by atoms with Gasteiger partial charge in [-0.3, -0.25) is 4.98 Å². The van der Waals surface area contributed by atoms with E-state index in [1.165, 1.54) is 0 Å². The van der Waals surface area contributed by atoms with Crippen LogP contribution in [0.2, 0.25) is 5.02 Å². The van der Waals surface area contributed by atoms with Crippen LogP contribution >= 0.6 is 11.6 Å². The van der Waals surface area contributed by atoms with E-state index in [4.69, 9.17) is 11.6 Å². The van der Waals surface area contributed by atoms with Gasteiger partial charge in [0, 0.05) is 34.4 Å². The van der Waals surface area contributed by atoms with Gasteiger partial charge in [0.1, 0.15) is 0 Å². The van der Waals surface area contributed by atoms with Crippen LogP contribution in [0.25, 0.3) is 11.3 Å². The summed E-state index contributed by atoms with van der Waals surface area (Å²) in [5.74, 6) is 0.536. The van der Waals surface area contributed by atoms with Gasteiger partial charge in [-0.05, 0) is 49.7 Å². The Labute approximate surface area is 134 Å². The van der Waals surface area contributed by atoms with Crippen molar-refractivity contribution in [2.24, 2.45) is 0 Å². The van der Waals surface area contributed by atoms with E-state index in [1.807, 2.05) is 50.2 Å². The summed E-state index contributed by atoms with van der Waals surface area (Å²) < 4.78 is 0. The highest BCUT2D eigenvalue weighted by Gasteiger charge is 2.07. The second-order valence-corrected chi connectivity index (χ2v) is 5.41. The molecule has 1 N–H and O–H groups in total. The third-order valence-corrected chi connectivity index (χ3v) is 3.70. The first-order chi connectivity index (χ1) is 10.6. The van der Waals surface area contributed by atoms with Gasteiger partial charge in [-0.15, -0.1) is 0 Å². The molecule has 0 aliphatic heterocycles. The molecule has 3 aromatic rings.